The molecule has 2 aliphatic carbocycles. The fourth-order valence-corrected chi connectivity index (χ4v) is 13.5. The summed E-state index contributed by atoms with van der Waals surface area (Å²) in [5.41, 5.74) is 4.10. The maximum absolute atomic E-state index is 14.7. The van der Waals surface area contributed by atoms with E-state index in [1.807, 2.05) is 173 Å². The van der Waals surface area contributed by atoms with E-state index in [2.05, 4.69) is 95.2 Å². The SMILES string of the molecule is CC(C)(C)C1=CC(C=CC(=O)OCCSCCOC(=O)C=CC2C=C(C(C)(C)C)C(O)=C(C(C)(C)C)C2)CC(C(C)(C)C)=C1O.CC(C)(C)c1cc(Cn2c(=O)n(Cc3cc(C(C)(C)C)c(O)c(C(C)(C)C)c3)c(=O)n(Cc3cc(C(C)(C)C)c(O)c(C(C)(C)C)c3)c2=O)cc(C(C)(C)C)c1O. The summed E-state index contributed by atoms with van der Waals surface area (Å²) in [5.74, 6) is 1.74. The van der Waals surface area contributed by atoms with E-state index >= 15 is 0 Å². The third-order valence-corrected chi connectivity index (χ3v) is 19.7. The Morgan fingerprint density at radius 3 is 0.804 bits per heavy atom. The molecule has 2 unspecified atom stereocenters. The molecule has 2 aliphatic rings. The predicted molar refractivity (Wildman–Crippen MR) is 420 cm³/mol. The third-order valence-electron chi connectivity index (χ3n) is 18.8. The van der Waals surface area contributed by atoms with Crippen LogP contribution in [0.15, 0.2) is 121 Å². The lowest BCUT2D eigenvalue weighted by Crippen LogP contribution is -2.55. The Morgan fingerprint density at radius 2 is 0.608 bits per heavy atom. The van der Waals surface area contributed by atoms with E-state index < -0.39 is 61.5 Å². The highest BCUT2D eigenvalue weighted by atomic mass is 32.2. The van der Waals surface area contributed by atoms with Gasteiger partial charge in [0, 0.05) is 23.7 Å². The highest BCUT2D eigenvalue weighted by Gasteiger charge is 2.37. The number of benzene rings is 3. The first-order valence-electron chi connectivity index (χ1n) is 36.2. The summed E-state index contributed by atoms with van der Waals surface area (Å²) in [4.78, 5) is 68.8. The number of allylic oxidation sites excluding steroid dienone is 8. The van der Waals surface area contributed by atoms with Gasteiger partial charge in [-0.15, -0.1) is 0 Å². The lowest BCUT2D eigenvalue weighted by molar-refractivity contribution is -0.137. The lowest BCUT2D eigenvalue weighted by atomic mass is 9.71. The zero-order chi connectivity index (χ0) is 78.1. The van der Waals surface area contributed by atoms with Crippen molar-refractivity contribution >= 4 is 23.7 Å². The van der Waals surface area contributed by atoms with Gasteiger partial charge in [0.05, 0.1) is 19.6 Å². The molecule has 102 heavy (non-hydrogen) atoms. The summed E-state index contributed by atoms with van der Waals surface area (Å²) in [6.07, 6.45) is 12.1. The molecule has 0 aliphatic heterocycles. The number of carbonyl (C=O) groups excluding carboxylic acids is 2. The number of hydrogen-bond donors (Lipinski definition) is 5. The van der Waals surface area contributed by atoms with E-state index in [1.54, 1.807) is 11.8 Å². The number of hydrogen-bond acceptors (Lipinski definition) is 13. The number of aliphatic hydroxyl groups is 2. The Kier molecular flexibility index (Phi) is 26.2. The molecular formula is C86H127N3O12S. The highest BCUT2D eigenvalue weighted by molar-refractivity contribution is 7.99. The summed E-state index contributed by atoms with van der Waals surface area (Å²) in [5, 5.41) is 56.2. The number of esters is 2. The topological polar surface area (TPSA) is 220 Å². The van der Waals surface area contributed by atoms with E-state index in [0.717, 1.165) is 36.0 Å². The average Bonchev–Trinajstić information content (AvgIpc) is 0.765. The van der Waals surface area contributed by atoms with Gasteiger partial charge in [-0.3, -0.25) is 0 Å². The molecule has 0 radical (unpaired) electrons. The molecule has 0 saturated carbocycles. The van der Waals surface area contributed by atoms with Crippen LogP contribution < -0.4 is 17.1 Å². The van der Waals surface area contributed by atoms with Crippen molar-refractivity contribution in [2.75, 3.05) is 24.7 Å². The monoisotopic (exact) mass is 1430 g/mol. The molecule has 15 nitrogen and oxygen atoms in total. The van der Waals surface area contributed by atoms with Gasteiger partial charge in [-0.05, 0) is 188 Å². The van der Waals surface area contributed by atoms with E-state index in [4.69, 9.17) is 9.47 Å². The largest absolute Gasteiger partial charge is 0.508 e. The minimum atomic E-state index is -0.761. The average molecular weight is 1430 g/mol. The molecular weight excluding hydrogens is 1300 g/mol. The number of phenolic OH excluding ortho intramolecular Hbond substituents is 3. The van der Waals surface area contributed by atoms with Crippen molar-refractivity contribution in [2.24, 2.45) is 33.5 Å². The van der Waals surface area contributed by atoms with Crippen LogP contribution in [0.3, 0.4) is 0 Å². The Morgan fingerprint density at radius 1 is 0.382 bits per heavy atom. The van der Waals surface area contributed by atoms with Gasteiger partial charge in [0.1, 0.15) is 42.0 Å². The molecule has 564 valence electrons. The fraction of sp³-hybridized carbons (Fsp3) is 0.593. The van der Waals surface area contributed by atoms with Crippen LogP contribution in [0.5, 0.6) is 17.2 Å². The maximum Gasteiger partial charge on any atom is 0.336 e. The Labute approximate surface area is 615 Å². The molecule has 0 spiro atoms. The van der Waals surface area contributed by atoms with Crippen molar-refractivity contribution in [2.45, 2.75) is 273 Å². The number of ether oxygens (including phenoxy) is 2. The van der Waals surface area contributed by atoms with Crippen LogP contribution in [0, 0.1) is 33.5 Å². The number of aromatic nitrogens is 3. The van der Waals surface area contributed by atoms with Crippen molar-refractivity contribution in [3.8, 4) is 17.2 Å². The summed E-state index contributed by atoms with van der Waals surface area (Å²) in [6.45, 7) is 61.2. The van der Waals surface area contributed by atoms with Crippen LogP contribution in [0.4, 0.5) is 0 Å². The number of aliphatic hydroxyl groups excluding tert-OH is 2. The molecule has 4 aromatic rings. The smallest absolute Gasteiger partial charge is 0.336 e. The summed E-state index contributed by atoms with van der Waals surface area (Å²) < 4.78 is 14.1. The van der Waals surface area contributed by atoms with Gasteiger partial charge >= 0.3 is 29.0 Å². The second-order valence-electron chi connectivity index (χ2n) is 38.4. The van der Waals surface area contributed by atoms with Gasteiger partial charge in [0.2, 0.25) is 0 Å². The number of nitrogens with zero attached hydrogens (tertiary/aromatic N) is 3. The van der Waals surface area contributed by atoms with E-state index in [9.17, 15) is 49.5 Å². The number of aromatic hydroxyl groups is 3. The second kappa shape index (κ2) is 31.2. The standard InChI is InChI=1S/C48H69N3O6.C38H58O6S/c1-43(2,3)31-19-28(20-32(37(31)52)44(4,5)6)25-49-40(55)50(26-29-21-33(45(7,8)9)38(53)34(22-29)46(10,11)12)42(57)51(41(49)56)27-30-23-35(47(13,14)15)39(54)36(24-30)48(16,17)18;1-35(2,3)27-21-25(22-28(33(27)41)36(4,5)6)13-15-31(39)43-17-19-45-20-18-44-32(40)16-14-26-23-29(37(7,8)9)34(42)30(24-26)38(10,11)12/h19-24,52-54H,25-27H2,1-18H3;13-16,21,23,25-26,41-42H,17-20,22,24H2,1-12H3. The van der Waals surface area contributed by atoms with Crippen molar-refractivity contribution in [1.82, 2.24) is 13.7 Å². The molecule has 0 fully saturated rings. The number of thioether (sulfide) groups is 1. The molecule has 16 heteroatoms. The third kappa shape index (κ3) is 21.9. The molecule has 1 aromatic heterocycles. The molecule has 2 atom stereocenters. The van der Waals surface area contributed by atoms with Crippen molar-refractivity contribution in [1.29, 1.82) is 0 Å². The first kappa shape index (κ1) is 85.4. The van der Waals surface area contributed by atoms with Crippen LogP contribution in [0.25, 0.3) is 0 Å². The molecule has 3 aromatic carbocycles. The summed E-state index contributed by atoms with van der Waals surface area (Å²) in [7, 11) is 0. The first-order valence-corrected chi connectivity index (χ1v) is 37.3. The van der Waals surface area contributed by atoms with Crippen LogP contribution >= 0.6 is 11.8 Å². The van der Waals surface area contributed by atoms with Crippen LogP contribution in [0.2, 0.25) is 0 Å². The van der Waals surface area contributed by atoms with Gasteiger partial charge in [-0.1, -0.05) is 232 Å². The zero-order valence-corrected chi connectivity index (χ0v) is 68.6. The molecule has 5 N–H and O–H groups in total. The molecule has 0 bridgehead atoms. The normalized spacial score (nSPS) is 16.5. The van der Waals surface area contributed by atoms with Crippen molar-refractivity contribution in [3.63, 3.8) is 0 Å². The van der Waals surface area contributed by atoms with Gasteiger partial charge < -0.3 is 35.0 Å². The minimum Gasteiger partial charge on any atom is -0.508 e. The summed E-state index contributed by atoms with van der Waals surface area (Å²) >= 11 is 1.55. The van der Waals surface area contributed by atoms with Gasteiger partial charge in [-0.25, -0.2) is 37.7 Å². The lowest BCUT2D eigenvalue weighted by Gasteiger charge is -2.35. The van der Waals surface area contributed by atoms with Gasteiger partial charge in [0.25, 0.3) is 0 Å². The van der Waals surface area contributed by atoms with Crippen molar-refractivity contribution < 1.29 is 44.6 Å². The Balaban J connectivity index is 0.000000378. The van der Waals surface area contributed by atoms with Crippen molar-refractivity contribution in [3.05, 3.63) is 188 Å². The van der Waals surface area contributed by atoms with E-state index in [-0.39, 0.29) is 83.6 Å². The van der Waals surface area contributed by atoms with Crippen LogP contribution in [-0.2, 0) is 71.2 Å². The highest BCUT2D eigenvalue weighted by Crippen LogP contribution is 2.48. The molecule has 0 amide bonds. The molecule has 0 saturated heterocycles. The Bertz CT molecular complexity index is 3640. The second-order valence-corrected chi connectivity index (χ2v) is 39.7. The predicted octanol–water partition coefficient (Wildman–Crippen LogP) is 18.8. The summed E-state index contributed by atoms with van der Waals surface area (Å²) in [6, 6.07) is 11.0. The Hall–Kier alpha value is -7.20. The molecule has 1 heterocycles. The van der Waals surface area contributed by atoms with Crippen LogP contribution in [-0.4, -0.2) is 75.9 Å². The maximum atomic E-state index is 14.7. The van der Waals surface area contributed by atoms with Crippen LogP contribution in [0.1, 0.15) is 271 Å². The number of rotatable bonds is 16. The molecule has 6 rings (SSSR count). The van der Waals surface area contributed by atoms with E-state index in [0.29, 0.717) is 85.9 Å². The minimum absolute atomic E-state index is 0.00819. The van der Waals surface area contributed by atoms with Gasteiger partial charge in [0.15, 0.2) is 0 Å². The first-order chi connectivity index (χ1) is 46.1. The van der Waals surface area contributed by atoms with E-state index in [1.165, 1.54) is 12.2 Å². The quantitative estimate of drug-likeness (QED) is 0.0401. The van der Waals surface area contributed by atoms with Gasteiger partial charge in [-0.2, -0.15) is 11.8 Å². The number of carbonyl (C=O) groups is 2. The number of phenols is 3. The zero-order valence-electron chi connectivity index (χ0n) is 67.8. The fourth-order valence-electron chi connectivity index (χ4n) is 12.9.